The molecule has 1 aromatic rings. The third kappa shape index (κ3) is 3.75. The highest BCUT2D eigenvalue weighted by molar-refractivity contribution is 5.79. The third-order valence-corrected chi connectivity index (χ3v) is 3.57. The number of amides is 1. The van der Waals surface area contributed by atoms with Gasteiger partial charge < -0.3 is 16.2 Å². The normalized spacial score (nSPS) is 26.4. The minimum Gasteiger partial charge on any atom is -0.391 e. The van der Waals surface area contributed by atoms with Gasteiger partial charge in [-0.1, -0.05) is 12.1 Å². The first-order valence-corrected chi connectivity index (χ1v) is 6.52. The minimum atomic E-state index is -0.576. The average molecular weight is 266 g/mol. The van der Waals surface area contributed by atoms with Gasteiger partial charge in [0.15, 0.2) is 0 Å². The largest absolute Gasteiger partial charge is 0.391 e. The summed E-state index contributed by atoms with van der Waals surface area (Å²) < 4.78 is 12.7. The van der Waals surface area contributed by atoms with E-state index in [9.17, 15) is 14.3 Å². The molecule has 1 aliphatic carbocycles. The van der Waals surface area contributed by atoms with E-state index in [1.54, 1.807) is 12.1 Å². The fraction of sp³-hybridized carbons (Fsp3) is 0.500. The van der Waals surface area contributed by atoms with Crippen LogP contribution in [0.5, 0.6) is 0 Å². The molecule has 0 aliphatic heterocycles. The molecule has 2 rings (SSSR count). The third-order valence-electron chi connectivity index (χ3n) is 3.57. The summed E-state index contributed by atoms with van der Waals surface area (Å²) in [6.45, 7) is 0.506. The van der Waals surface area contributed by atoms with E-state index in [-0.39, 0.29) is 23.7 Å². The number of nitrogens with one attached hydrogen (secondary N) is 1. The van der Waals surface area contributed by atoms with E-state index in [0.29, 0.717) is 25.8 Å². The van der Waals surface area contributed by atoms with Gasteiger partial charge in [-0.25, -0.2) is 4.39 Å². The first kappa shape index (κ1) is 14.0. The van der Waals surface area contributed by atoms with Gasteiger partial charge in [0.25, 0.3) is 0 Å². The van der Waals surface area contributed by atoms with Crippen molar-refractivity contribution in [2.24, 2.45) is 11.7 Å². The zero-order valence-corrected chi connectivity index (χ0v) is 10.7. The smallest absolute Gasteiger partial charge is 0.223 e. The Morgan fingerprint density at radius 2 is 2.05 bits per heavy atom. The van der Waals surface area contributed by atoms with Crippen LogP contribution in [-0.4, -0.2) is 29.7 Å². The summed E-state index contributed by atoms with van der Waals surface area (Å²) in [5, 5.41) is 12.3. The molecule has 4 nitrogen and oxygen atoms in total. The van der Waals surface area contributed by atoms with E-state index in [4.69, 9.17) is 5.73 Å². The number of nitrogens with two attached hydrogens (primary N) is 1. The van der Waals surface area contributed by atoms with Crippen LogP contribution in [0.25, 0.3) is 0 Å². The molecule has 104 valence electrons. The first-order chi connectivity index (χ1) is 9.06. The van der Waals surface area contributed by atoms with Crippen LogP contribution in [0.4, 0.5) is 4.39 Å². The minimum absolute atomic E-state index is 0.0610. The summed E-state index contributed by atoms with van der Waals surface area (Å²) in [5.41, 5.74) is 6.65. The molecule has 1 amide bonds. The molecular weight excluding hydrogens is 247 g/mol. The van der Waals surface area contributed by atoms with Crippen LogP contribution < -0.4 is 11.1 Å². The second kappa shape index (κ2) is 6.12. The Labute approximate surface area is 111 Å². The van der Waals surface area contributed by atoms with Crippen molar-refractivity contribution >= 4 is 5.91 Å². The predicted molar refractivity (Wildman–Crippen MR) is 69.8 cm³/mol. The zero-order chi connectivity index (χ0) is 13.8. The summed E-state index contributed by atoms with van der Waals surface area (Å²) >= 11 is 0. The van der Waals surface area contributed by atoms with Crippen LogP contribution in [-0.2, 0) is 11.2 Å². The summed E-state index contributed by atoms with van der Waals surface area (Å²) in [4.78, 5) is 11.8. The summed E-state index contributed by atoms with van der Waals surface area (Å²) in [6.07, 6.45) is 1.05. The van der Waals surface area contributed by atoms with Gasteiger partial charge in [-0.15, -0.1) is 0 Å². The monoisotopic (exact) mass is 266 g/mol. The van der Waals surface area contributed by atoms with E-state index in [0.717, 1.165) is 5.56 Å². The van der Waals surface area contributed by atoms with Crippen LogP contribution >= 0.6 is 0 Å². The number of hydrogen-bond acceptors (Lipinski definition) is 3. The SMILES string of the molecule is N[C@@H]1C[C@H](C(=O)NCCc2ccc(F)cc2)C[C@H]1O. The average Bonchev–Trinajstić information content (AvgIpc) is 2.72. The van der Waals surface area contributed by atoms with Crippen LogP contribution in [0.1, 0.15) is 18.4 Å². The number of aliphatic hydroxyl groups excluding tert-OH is 1. The van der Waals surface area contributed by atoms with Crippen molar-refractivity contribution in [1.29, 1.82) is 0 Å². The fourth-order valence-corrected chi connectivity index (χ4v) is 2.39. The number of hydrogen-bond donors (Lipinski definition) is 3. The molecule has 5 heteroatoms. The Bertz CT molecular complexity index is 426. The molecule has 0 aromatic heterocycles. The number of carbonyl (C=O) groups is 1. The van der Waals surface area contributed by atoms with Crippen molar-refractivity contribution in [1.82, 2.24) is 5.32 Å². The summed E-state index contributed by atoms with van der Waals surface area (Å²) in [5.74, 6) is -0.519. The van der Waals surface area contributed by atoms with Gasteiger partial charge in [0.05, 0.1) is 6.10 Å². The molecular formula is C14H19FN2O2. The quantitative estimate of drug-likeness (QED) is 0.746. The molecule has 1 fully saturated rings. The Hall–Kier alpha value is -1.46. The Balaban J connectivity index is 1.74. The van der Waals surface area contributed by atoms with E-state index in [1.165, 1.54) is 12.1 Å². The van der Waals surface area contributed by atoms with E-state index in [2.05, 4.69) is 5.32 Å². The van der Waals surface area contributed by atoms with Gasteiger partial charge >= 0.3 is 0 Å². The molecule has 0 unspecified atom stereocenters. The highest BCUT2D eigenvalue weighted by Crippen LogP contribution is 2.24. The lowest BCUT2D eigenvalue weighted by Gasteiger charge is -2.10. The highest BCUT2D eigenvalue weighted by Gasteiger charge is 2.34. The molecule has 0 radical (unpaired) electrons. The Kier molecular flexibility index (Phi) is 4.50. The van der Waals surface area contributed by atoms with E-state index >= 15 is 0 Å². The molecule has 0 bridgehead atoms. The lowest BCUT2D eigenvalue weighted by molar-refractivity contribution is -0.125. The molecule has 19 heavy (non-hydrogen) atoms. The zero-order valence-electron chi connectivity index (χ0n) is 10.7. The molecule has 3 atom stereocenters. The van der Waals surface area contributed by atoms with E-state index < -0.39 is 6.10 Å². The maximum Gasteiger partial charge on any atom is 0.223 e. The van der Waals surface area contributed by atoms with Gasteiger partial charge in [0.1, 0.15) is 5.82 Å². The van der Waals surface area contributed by atoms with Crippen molar-refractivity contribution < 1.29 is 14.3 Å². The predicted octanol–water partition coefficient (Wildman–Crippen LogP) is 0.583. The number of benzene rings is 1. The van der Waals surface area contributed by atoms with Crippen LogP contribution in [0.15, 0.2) is 24.3 Å². The number of halogens is 1. The van der Waals surface area contributed by atoms with Gasteiger partial charge in [0, 0.05) is 18.5 Å². The second-order valence-electron chi connectivity index (χ2n) is 5.07. The Morgan fingerprint density at radius 1 is 1.37 bits per heavy atom. The Morgan fingerprint density at radius 3 is 2.63 bits per heavy atom. The number of carbonyl (C=O) groups excluding carboxylic acids is 1. The van der Waals surface area contributed by atoms with Crippen molar-refractivity contribution in [3.05, 3.63) is 35.6 Å². The standard InChI is InChI=1S/C14H19FN2O2/c15-11-3-1-9(2-4-11)5-6-17-14(19)10-7-12(16)13(18)8-10/h1-4,10,12-13,18H,5-8,16H2,(H,17,19)/t10-,12+,13+/m0/s1. The number of rotatable bonds is 4. The molecule has 0 heterocycles. The second-order valence-corrected chi connectivity index (χ2v) is 5.07. The van der Waals surface area contributed by atoms with Gasteiger partial charge in [-0.2, -0.15) is 0 Å². The fourth-order valence-electron chi connectivity index (χ4n) is 2.39. The van der Waals surface area contributed by atoms with Crippen molar-refractivity contribution in [3.63, 3.8) is 0 Å². The number of aliphatic hydroxyl groups is 1. The molecule has 1 saturated carbocycles. The lowest BCUT2D eigenvalue weighted by Crippen LogP contribution is -2.32. The highest BCUT2D eigenvalue weighted by atomic mass is 19.1. The molecule has 1 aromatic carbocycles. The maximum absolute atomic E-state index is 12.7. The summed E-state index contributed by atoms with van der Waals surface area (Å²) in [7, 11) is 0. The van der Waals surface area contributed by atoms with Crippen LogP contribution in [0.2, 0.25) is 0 Å². The van der Waals surface area contributed by atoms with Crippen molar-refractivity contribution in [2.45, 2.75) is 31.4 Å². The van der Waals surface area contributed by atoms with Gasteiger partial charge in [-0.05, 0) is 37.0 Å². The van der Waals surface area contributed by atoms with Crippen molar-refractivity contribution in [2.75, 3.05) is 6.54 Å². The molecule has 4 N–H and O–H groups in total. The van der Waals surface area contributed by atoms with Crippen LogP contribution in [0.3, 0.4) is 0 Å². The lowest BCUT2D eigenvalue weighted by atomic mass is 10.1. The van der Waals surface area contributed by atoms with Crippen molar-refractivity contribution in [3.8, 4) is 0 Å². The van der Waals surface area contributed by atoms with Gasteiger partial charge in [-0.3, -0.25) is 4.79 Å². The maximum atomic E-state index is 12.7. The van der Waals surface area contributed by atoms with Gasteiger partial charge in [0.2, 0.25) is 5.91 Å². The van der Waals surface area contributed by atoms with E-state index in [1.807, 2.05) is 0 Å². The van der Waals surface area contributed by atoms with Crippen LogP contribution in [0, 0.1) is 11.7 Å². The molecule has 0 spiro atoms. The topological polar surface area (TPSA) is 75.4 Å². The summed E-state index contributed by atoms with van der Waals surface area (Å²) in [6, 6.07) is 5.92. The molecule has 1 aliphatic rings. The molecule has 0 saturated heterocycles. The first-order valence-electron chi connectivity index (χ1n) is 6.52.